The van der Waals surface area contributed by atoms with Gasteiger partial charge >= 0.3 is 5.91 Å². The van der Waals surface area contributed by atoms with Crippen molar-refractivity contribution < 1.29 is 13.9 Å². The fourth-order valence-corrected chi connectivity index (χ4v) is 3.39. The van der Waals surface area contributed by atoms with E-state index in [2.05, 4.69) is 26.5 Å². The second-order valence-electron chi connectivity index (χ2n) is 6.45. The normalized spacial score (nSPS) is 11.1. The second kappa shape index (κ2) is 9.15. The lowest BCUT2D eigenvalue weighted by atomic mass is 10.2. The van der Waals surface area contributed by atoms with Gasteiger partial charge in [-0.1, -0.05) is 57.9 Å². The third-order valence-corrected chi connectivity index (χ3v) is 5.01. The van der Waals surface area contributed by atoms with Crippen LogP contribution in [-0.2, 0) is 6.61 Å². The van der Waals surface area contributed by atoms with Gasteiger partial charge in [0.2, 0.25) is 0 Å². The van der Waals surface area contributed by atoms with Crippen LogP contribution in [-0.4, -0.2) is 12.1 Å². The Hall–Kier alpha value is -3.09. The zero-order valence-electron chi connectivity index (χ0n) is 15.6. The van der Waals surface area contributed by atoms with Crippen LogP contribution in [0.2, 0.25) is 5.02 Å². The average Bonchev–Trinajstić information content (AvgIpc) is 3.17. The van der Waals surface area contributed by atoms with Gasteiger partial charge in [-0.2, -0.15) is 5.10 Å². The number of nitrogens with one attached hydrogen (secondary N) is 1. The van der Waals surface area contributed by atoms with Gasteiger partial charge in [0, 0.05) is 20.4 Å². The minimum atomic E-state index is -0.458. The monoisotopic (exact) mass is 482 g/mol. The third-order valence-electron chi connectivity index (χ3n) is 4.28. The van der Waals surface area contributed by atoms with Crippen LogP contribution in [0.4, 0.5) is 0 Å². The highest BCUT2D eigenvalue weighted by atomic mass is 79.9. The molecule has 0 saturated carbocycles. The molecular formula is C23H16BrClN2O3. The van der Waals surface area contributed by atoms with Crippen molar-refractivity contribution in [3.05, 3.63) is 99.2 Å². The number of hydrogen-bond donors (Lipinski definition) is 1. The van der Waals surface area contributed by atoms with Crippen LogP contribution in [0.25, 0.3) is 11.0 Å². The van der Waals surface area contributed by atoms with E-state index in [-0.39, 0.29) is 5.76 Å². The molecule has 0 aliphatic heterocycles. The average molecular weight is 484 g/mol. The van der Waals surface area contributed by atoms with Gasteiger partial charge in [0.15, 0.2) is 5.76 Å². The third kappa shape index (κ3) is 4.90. The molecule has 1 amide bonds. The van der Waals surface area contributed by atoms with Crippen LogP contribution in [0.5, 0.6) is 5.75 Å². The van der Waals surface area contributed by atoms with Gasteiger partial charge in [-0.15, -0.1) is 0 Å². The molecule has 30 heavy (non-hydrogen) atoms. The zero-order chi connectivity index (χ0) is 20.9. The quantitative estimate of drug-likeness (QED) is 0.263. The number of fused-ring (bicyclic) bond motifs is 1. The summed E-state index contributed by atoms with van der Waals surface area (Å²) in [7, 11) is 0. The van der Waals surface area contributed by atoms with Crippen LogP contribution in [0.3, 0.4) is 0 Å². The second-order valence-corrected chi connectivity index (χ2v) is 7.80. The van der Waals surface area contributed by atoms with E-state index < -0.39 is 5.91 Å². The molecule has 0 bridgehead atoms. The van der Waals surface area contributed by atoms with Crippen LogP contribution in [0.1, 0.15) is 21.7 Å². The number of benzene rings is 3. The van der Waals surface area contributed by atoms with E-state index in [1.54, 1.807) is 24.3 Å². The summed E-state index contributed by atoms with van der Waals surface area (Å²) < 4.78 is 12.3. The van der Waals surface area contributed by atoms with Gasteiger partial charge in [0.25, 0.3) is 0 Å². The molecule has 0 aliphatic carbocycles. The first kappa shape index (κ1) is 20.2. The maximum Gasteiger partial charge on any atom is 0.307 e. The predicted molar refractivity (Wildman–Crippen MR) is 121 cm³/mol. The number of rotatable bonds is 6. The summed E-state index contributed by atoms with van der Waals surface area (Å²) in [6.07, 6.45) is 1.53. The molecular weight excluding hydrogens is 468 g/mol. The van der Waals surface area contributed by atoms with E-state index >= 15 is 0 Å². The van der Waals surface area contributed by atoms with Crippen molar-refractivity contribution in [2.75, 3.05) is 0 Å². The summed E-state index contributed by atoms with van der Waals surface area (Å²) in [6, 6.07) is 22.2. The molecule has 0 aliphatic rings. The lowest BCUT2D eigenvalue weighted by molar-refractivity contribution is 0.0929. The Bertz CT molecular complexity index is 1220. The largest absolute Gasteiger partial charge is 0.488 e. The fraction of sp³-hybridized carbons (Fsp3) is 0.0435. The van der Waals surface area contributed by atoms with E-state index in [4.69, 9.17) is 20.8 Å². The molecule has 0 radical (unpaired) electrons. The van der Waals surface area contributed by atoms with Crippen molar-refractivity contribution in [2.24, 2.45) is 5.10 Å². The van der Waals surface area contributed by atoms with E-state index in [1.165, 1.54) is 6.21 Å². The first-order chi connectivity index (χ1) is 14.6. The molecule has 0 saturated heterocycles. The highest BCUT2D eigenvalue weighted by Gasteiger charge is 2.12. The molecule has 1 aromatic heterocycles. The van der Waals surface area contributed by atoms with Crippen LogP contribution < -0.4 is 10.2 Å². The number of carbonyl (C=O) groups is 1. The summed E-state index contributed by atoms with van der Waals surface area (Å²) in [5.74, 6) is 0.345. The number of hydrogen-bond acceptors (Lipinski definition) is 4. The maximum atomic E-state index is 12.4. The van der Waals surface area contributed by atoms with Crippen LogP contribution in [0.15, 0.2) is 86.8 Å². The number of amides is 1. The molecule has 7 heteroatoms. The predicted octanol–water partition coefficient (Wildman–Crippen LogP) is 6.19. The van der Waals surface area contributed by atoms with Crippen LogP contribution in [0, 0.1) is 0 Å². The smallest absolute Gasteiger partial charge is 0.307 e. The Balaban J connectivity index is 1.46. The molecule has 3 aromatic carbocycles. The van der Waals surface area contributed by atoms with Gasteiger partial charge in [-0.3, -0.25) is 4.79 Å². The van der Waals surface area contributed by atoms with Crippen molar-refractivity contribution in [3.63, 3.8) is 0 Å². The number of furan rings is 1. The van der Waals surface area contributed by atoms with Gasteiger partial charge < -0.3 is 9.15 Å². The van der Waals surface area contributed by atoms with Crippen molar-refractivity contribution in [2.45, 2.75) is 6.61 Å². The van der Waals surface area contributed by atoms with Crippen molar-refractivity contribution >= 4 is 50.6 Å². The first-order valence-corrected chi connectivity index (χ1v) is 10.2. The summed E-state index contributed by atoms with van der Waals surface area (Å²) in [4.78, 5) is 12.4. The van der Waals surface area contributed by atoms with Gasteiger partial charge in [0.1, 0.15) is 17.9 Å². The van der Waals surface area contributed by atoms with E-state index in [0.717, 1.165) is 21.0 Å². The Labute approximate surface area is 186 Å². The highest BCUT2D eigenvalue weighted by Crippen LogP contribution is 2.24. The minimum absolute atomic E-state index is 0.152. The van der Waals surface area contributed by atoms with E-state index in [9.17, 15) is 4.79 Å². The van der Waals surface area contributed by atoms with Crippen molar-refractivity contribution in [3.8, 4) is 5.75 Å². The Morgan fingerprint density at radius 1 is 1.10 bits per heavy atom. The zero-order valence-corrected chi connectivity index (χ0v) is 18.0. The molecule has 0 spiro atoms. The summed E-state index contributed by atoms with van der Waals surface area (Å²) >= 11 is 9.41. The van der Waals surface area contributed by atoms with Gasteiger partial charge in [-0.05, 0) is 48.0 Å². The van der Waals surface area contributed by atoms with Gasteiger partial charge in [-0.25, -0.2) is 5.43 Å². The number of ether oxygens (including phenoxy) is 1. The number of hydrazone groups is 1. The maximum absolute atomic E-state index is 12.4. The molecule has 1 N–H and O–H groups in total. The molecule has 150 valence electrons. The number of nitrogens with zero attached hydrogens (tertiary/aromatic N) is 1. The molecule has 0 unspecified atom stereocenters. The highest BCUT2D eigenvalue weighted by molar-refractivity contribution is 9.10. The summed E-state index contributed by atoms with van der Waals surface area (Å²) in [6.45, 7) is 0.428. The van der Waals surface area contributed by atoms with Crippen molar-refractivity contribution in [1.29, 1.82) is 0 Å². The van der Waals surface area contributed by atoms with E-state index in [1.807, 2.05) is 48.5 Å². The summed E-state index contributed by atoms with van der Waals surface area (Å²) in [5.41, 5.74) is 4.83. The van der Waals surface area contributed by atoms with Gasteiger partial charge in [0.05, 0.1) is 6.21 Å². The summed E-state index contributed by atoms with van der Waals surface area (Å²) in [5, 5.41) is 5.38. The Kier molecular flexibility index (Phi) is 6.16. The fourth-order valence-electron chi connectivity index (χ4n) is 2.83. The van der Waals surface area contributed by atoms with Crippen molar-refractivity contribution in [1.82, 2.24) is 5.43 Å². The molecule has 5 nitrogen and oxygen atoms in total. The Morgan fingerprint density at radius 2 is 1.93 bits per heavy atom. The molecule has 4 rings (SSSR count). The molecule has 1 heterocycles. The topological polar surface area (TPSA) is 63.8 Å². The Morgan fingerprint density at radius 3 is 2.77 bits per heavy atom. The molecule has 0 fully saturated rings. The molecule has 4 aromatic rings. The SMILES string of the molecule is O=C(N/N=C/c1cc(Br)ccc1OCc1ccccc1)c1cc2cc(Cl)ccc2o1. The lowest BCUT2D eigenvalue weighted by Gasteiger charge is -2.09. The number of carbonyl (C=O) groups excluding carboxylic acids is 1. The number of halogens is 2. The van der Waals surface area contributed by atoms with Crippen LogP contribution >= 0.6 is 27.5 Å². The standard InChI is InChI=1S/C23H16BrClN2O3/c24-18-6-8-20(29-14-15-4-2-1-3-5-15)17(10-18)13-26-27-23(28)22-12-16-11-19(25)7-9-21(16)30-22/h1-13H,14H2,(H,27,28)/b26-13+. The minimum Gasteiger partial charge on any atom is -0.488 e. The lowest BCUT2D eigenvalue weighted by Crippen LogP contribution is -2.16. The van der Waals surface area contributed by atoms with E-state index in [0.29, 0.717) is 23.0 Å². The molecule has 0 atom stereocenters. The first-order valence-electron chi connectivity index (χ1n) is 9.07.